The first-order valence-electron chi connectivity index (χ1n) is 2.87. The van der Waals surface area contributed by atoms with Crippen molar-refractivity contribution in [3.05, 3.63) is 24.3 Å². The second kappa shape index (κ2) is 3.25. The number of hydrogen-bond donors (Lipinski definition) is 1. The van der Waals surface area contributed by atoms with Crippen molar-refractivity contribution in [3.8, 4) is 0 Å². The average molecular weight is 373 g/mol. The first kappa shape index (κ1) is 8.57. The van der Waals surface area contributed by atoms with Crippen molar-refractivity contribution in [2.45, 2.75) is 0 Å². The molecule has 0 amide bonds. The molecule has 1 N–H and O–H groups in total. The zero-order valence-electron chi connectivity index (χ0n) is 5.60. The number of benzene rings is 1. The fourth-order valence-corrected chi connectivity index (χ4v) is 0.857. The summed E-state index contributed by atoms with van der Waals surface area (Å²) in [5, 5.41) is 16.1. The summed E-state index contributed by atoms with van der Waals surface area (Å²) in [6.45, 7) is 0. The molecule has 1 aromatic heterocycles. The van der Waals surface area contributed by atoms with E-state index in [9.17, 15) is 0 Å². The maximum Gasteiger partial charge on any atom is 2.00 e. The van der Waals surface area contributed by atoms with Crippen molar-refractivity contribution < 1.29 is 36.3 Å². The fourth-order valence-electron chi connectivity index (χ4n) is 0.857. The van der Waals surface area contributed by atoms with Crippen molar-refractivity contribution in [2.24, 2.45) is 0 Å². The molecular formula is C6H5N3OU+2. The molecule has 2 aromatic rings. The van der Waals surface area contributed by atoms with E-state index in [4.69, 9.17) is 5.21 Å². The van der Waals surface area contributed by atoms with Crippen LogP contribution in [-0.4, -0.2) is 20.4 Å². The fraction of sp³-hybridized carbons (Fsp3) is 0. The van der Waals surface area contributed by atoms with Gasteiger partial charge in [0.15, 0.2) is 0 Å². The van der Waals surface area contributed by atoms with E-state index in [0.717, 1.165) is 4.85 Å². The summed E-state index contributed by atoms with van der Waals surface area (Å²) in [7, 11) is 0. The van der Waals surface area contributed by atoms with E-state index in [2.05, 4.69) is 10.3 Å². The van der Waals surface area contributed by atoms with Gasteiger partial charge in [-0.2, -0.15) is 0 Å². The molecule has 0 radical (unpaired) electrons. The van der Waals surface area contributed by atoms with Gasteiger partial charge >= 0.3 is 31.1 Å². The molecule has 0 aliphatic rings. The molecule has 0 aliphatic carbocycles. The third-order valence-corrected chi connectivity index (χ3v) is 1.33. The molecule has 0 spiro atoms. The zero-order chi connectivity index (χ0) is 6.97. The minimum atomic E-state index is 0. The van der Waals surface area contributed by atoms with Gasteiger partial charge < -0.3 is 5.21 Å². The van der Waals surface area contributed by atoms with Gasteiger partial charge in [-0.3, -0.25) is 0 Å². The topological polar surface area (TPSA) is 50.9 Å². The number of rotatable bonds is 0. The SMILES string of the molecule is On1nnc2ccccc21.[U+2]. The van der Waals surface area contributed by atoms with Crippen LogP contribution in [-0.2, 0) is 0 Å². The standard InChI is InChI=1S/C6H5N3O.U/c10-9-6-4-2-1-3-5(6)7-8-9;/h1-4,10H;/q;+2. The van der Waals surface area contributed by atoms with Gasteiger partial charge in [-0.15, -0.1) is 5.10 Å². The Hall–Kier alpha value is -0.528. The number of nitrogens with zero attached hydrogens (tertiary/aromatic N) is 3. The van der Waals surface area contributed by atoms with Crippen molar-refractivity contribution in [2.75, 3.05) is 0 Å². The van der Waals surface area contributed by atoms with E-state index in [0.29, 0.717) is 11.0 Å². The van der Waals surface area contributed by atoms with E-state index in [1.165, 1.54) is 0 Å². The van der Waals surface area contributed by atoms with Gasteiger partial charge in [-0.1, -0.05) is 17.0 Å². The Kier molecular flexibility index (Phi) is 2.53. The Morgan fingerprint density at radius 1 is 1.27 bits per heavy atom. The van der Waals surface area contributed by atoms with Gasteiger partial charge in [0.05, 0.1) is 0 Å². The van der Waals surface area contributed by atoms with Crippen LogP contribution in [0.25, 0.3) is 11.0 Å². The van der Waals surface area contributed by atoms with Crippen LogP contribution >= 0.6 is 0 Å². The molecule has 0 fully saturated rings. The Balaban J connectivity index is 0.000000605. The minimum Gasteiger partial charge on any atom is -0.410 e. The van der Waals surface area contributed by atoms with Crippen LogP contribution in [0.1, 0.15) is 0 Å². The molecule has 1 aromatic carbocycles. The largest absolute Gasteiger partial charge is 2.00 e. The molecule has 0 bridgehead atoms. The first-order valence-corrected chi connectivity index (χ1v) is 2.87. The van der Waals surface area contributed by atoms with Crippen LogP contribution in [0.15, 0.2) is 24.3 Å². The van der Waals surface area contributed by atoms with Crippen LogP contribution in [0.2, 0.25) is 0 Å². The monoisotopic (exact) mass is 373 g/mol. The molecule has 52 valence electrons. The van der Waals surface area contributed by atoms with Gasteiger partial charge in [0.25, 0.3) is 0 Å². The van der Waals surface area contributed by atoms with E-state index < -0.39 is 0 Å². The van der Waals surface area contributed by atoms with Gasteiger partial charge in [0.1, 0.15) is 11.0 Å². The Labute approximate surface area is 86.5 Å². The van der Waals surface area contributed by atoms with Crippen LogP contribution in [0.3, 0.4) is 0 Å². The molecule has 0 atom stereocenters. The predicted octanol–water partition coefficient (Wildman–Crippen LogP) is 0.669. The minimum absolute atomic E-state index is 0. The third-order valence-electron chi connectivity index (χ3n) is 1.33. The molecular weight excluding hydrogens is 368 g/mol. The number of aromatic nitrogens is 3. The summed E-state index contributed by atoms with van der Waals surface area (Å²) in [5.41, 5.74) is 1.33. The molecule has 0 saturated heterocycles. The van der Waals surface area contributed by atoms with Crippen LogP contribution in [0.5, 0.6) is 0 Å². The van der Waals surface area contributed by atoms with Crippen LogP contribution in [0, 0.1) is 31.1 Å². The van der Waals surface area contributed by atoms with Gasteiger partial charge in [0.2, 0.25) is 0 Å². The first-order chi connectivity index (χ1) is 4.88. The van der Waals surface area contributed by atoms with Gasteiger partial charge in [-0.05, 0) is 17.3 Å². The zero-order valence-corrected chi connectivity index (χ0v) is 9.76. The Bertz CT molecular complexity index is 359. The summed E-state index contributed by atoms with van der Waals surface area (Å²) in [6.07, 6.45) is 0. The maximum absolute atomic E-state index is 8.95. The van der Waals surface area contributed by atoms with Crippen molar-refractivity contribution >= 4 is 11.0 Å². The quantitative estimate of drug-likeness (QED) is 0.691. The van der Waals surface area contributed by atoms with E-state index >= 15 is 0 Å². The van der Waals surface area contributed by atoms with Crippen LogP contribution < -0.4 is 0 Å². The molecule has 2 rings (SSSR count). The summed E-state index contributed by atoms with van der Waals surface area (Å²) < 4.78 is 0. The third kappa shape index (κ3) is 1.39. The molecule has 5 heteroatoms. The summed E-state index contributed by atoms with van der Waals surface area (Å²) >= 11 is 0. The molecule has 4 nitrogen and oxygen atoms in total. The summed E-state index contributed by atoms with van der Waals surface area (Å²) in [5.74, 6) is 0. The smallest absolute Gasteiger partial charge is 0.410 e. The summed E-state index contributed by atoms with van der Waals surface area (Å²) in [6, 6.07) is 7.19. The van der Waals surface area contributed by atoms with Crippen molar-refractivity contribution in [3.63, 3.8) is 0 Å². The van der Waals surface area contributed by atoms with E-state index in [1.807, 2.05) is 12.1 Å². The Morgan fingerprint density at radius 2 is 2.00 bits per heavy atom. The number of hydrogen-bond acceptors (Lipinski definition) is 3. The average Bonchev–Trinajstić information content (AvgIpc) is 2.34. The second-order valence-electron chi connectivity index (χ2n) is 1.97. The van der Waals surface area contributed by atoms with Gasteiger partial charge in [0, 0.05) is 0 Å². The predicted molar refractivity (Wildman–Crippen MR) is 34.7 cm³/mol. The molecule has 0 aliphatic heterocycles. The Morgan fingerprint density at radius 3 is 2.73 bits per heavy atom. The molecule has 0 unspecified atom stereocenters. The number of fused-ring (bicyclic) bond motifs is 1. The molecule has 11 heavy (non-hydrogen) atoms. The van der Waals surface area contributed by atoms with Crippen LogP contribution in [0.4, 0.5) is 0 Å². The summed E-state index contributed by atoms with van der Waals surface area (Å²) in [4.78, 5) is 0.759. The number of para-hydroxylation sites is 1. The normalized spacial score (nSPS) is 9.45. The van der Waals surface area contributed by atoms with Crippen molar-refractivity contribution in [1.29, 1.82) is 0 Å². The molecule has 0 saturated carbocycles. The van der Waals surface area contributed by atoms with Gasteiger partial charge in [-0.25, -0.2) is 0 Å². The van der Waals surface area contributed by atoms with E-state index in [-0.39, 0.29) is 31.1 Å². The second-order valence-corrected chi connectivity index (χ2v) is 1.97. The molecule has 1 heterocycles. The van der Waals surface area contributed by atoms with Crippen molar-refractivity contribution in [1.82, 2.24) is 15.2 Å². The maximum atomic E-state index is 8.95. The van der Waals surface area contributed by atoms with E-state index in [1.54, 1.807) is 12.1 Å².